The molecule has 8 heteroatoms. The van der Waals surface area contributed by atoms with Crippen molar-refractivity contribution in [3.8, 4) is 10.6 Å². The van der Waals surface area contributed by atoms with Crippen molar-refractivity contribution in [1.82, 2.24) is 9.71 Å². The van der Waals surface area contributed by atoms with Gasteiger partial charge in [0, 0.05) is 22.2 Å². The topological polar surface area (TPSA) is 88.2 Å². The van der Waals surface area contributed by atoms with Crippen molar-refractivity contribution in [2.24, 2.45) is 0 Å². The molecule has 0 fully saturated rings. The molecule has 0 unspecified atom stereocenters. The van der Waals surface area contributed by atoms with Crippen LogP contribution in [0.25, 0.3) is 10.6 Å². The first-order chi connectivity index (χ1) is 13.6. The lowest BCUT2D eigenvalue weighted by molar-refractivity contribution is -0.115. The summed E-state index contributed by atoms with van der Waals surface area (Å²) in [6.07, 6.45) is 0.112. The predicted molar refractivity (Wildman–Crippen MR) is 116 cm³/mol. The third kappa shape index (κ3) is 5.96. The summed E-state index contributed by atoms with van der Waals surface area (Å²) in [7, 11) is -3.67. The minimum absolute atomic E-state index is 0.102. The molecule has 0 spiro atoms. The van der Waals surface area contributed by atoms with Crippen molar-refractivity contribution in [3.05, 3.63) is 65.7 Å². The van der Waals surface area contributed by atoms with Crippen molar-refractivity contribution < 1.29 is 13.2 Å². The van der Waals surface area contributed by atoms with Gasteiger partial charge in [0.1, 0.15) is 5.01 Å². The second kappa shape index (κ2) is 8.44. The molecule has 3 rings (SSSR count). The van der Waals surface area contributed by atoms with Crippen LogP contribution in [-0.4, -0.2) is 24.8 Å². The van der Waals surface area contributed by atoms with E-state index in [-0.39, 0.29) is 17.2 Å². The molecule has 2 N–H and O–H groups in total. The van der Waals surface area contributed by atoms with Crippen LogP contribution in [0.2, 0.25) is 0 Å². The molecule has 0 aliphatic carbocycles. The van der Waals surface area contributed by atoms with E-state index >= 15 is 0 Å². The number of rotatable bonds is 6. The van der Waals surface area contributed by atoms with Crippen LogP contribution in [0.1, 0.15) is 26.5 Å². The molecular weight excluding hydrogens is 406 g/mol. The highest BCUT2D eigenvalue weighted by Gasteiger charge is 2.22. The number of hydrogen-bond acceptors (Lipinski definition) is 5. The van der Waals surface area contributed by atoms with Crippen LogP contribution >= 0.6 is 11.3 Å². The molecule has 0 atom stereocenters. The molecule has 1 heterocycles. The molecule has 0 aliphatic heterocycles. The standard InChI is InChI=1S/C21H23N3O3S2/c1-21(2,3)24-29(26,27)18-11-7-10-16(12-18)22-19(25)13-17-14-28-20(23-17)15-8-5-4-6-9-15/h4-12,14,24H,13H2,1-3H3,(H,22,25). The van der Waals surface area contributed by atoms with Gasteiger partial charge in [-0.1, -0.05) is 36.4 Å². The second-order valence-corrected chi connectivity index (χ2v) is 10.2. The molecule has 0 bridgehead atoms. The van der Waals surface area contributed by atoms with Crippen LogP contribution in [0.4, 0.5) is 5.69 Å². The highest BCUT2D eigenvalue weighted by atomic mass is 32.2. The summed E-state index contributed by atoms with van der Waals surface area (Å²) in [5.74, 6) is -0.256. The minimum Gasteiger partial charge on any atom is -0.326 e. The third-order valence-corrected chi connectivity index (χ3v) is 6.48. The second-order valence-electron chi connectivity index (χ2n) is 7.62. The summed E-state index contributed by atoms with van der Waals surface area (Å²) in [5, 5.41) is 5.46. The maximum atomic E-state index is 12.5. The van der Waals surface area contributed by atoms with Gasteiger partial charge in [0.2, 0.25) is 15.9 Å². The number of amides is 1. The average Bonchev–Trinajstić information content (AvgIpc) is 3.09. The maximum absolute atomic E-state index is 12.5. The van der Waals surface area contributed by atoms with E-state index in [0.717, 1.165) is 10.6 Å². The lowest BCUT2D eigenvalue weighted by atomic mass is 10.1. The van der Waals surface area contributed by atoms with Gasteiger partial charge in [-0.15, -0.1) is 11.3 Å². The van der Waals surface area contributed by atoms with E-state index in [1.807, 2.05) is 35.7 Å². The Morgan fingerprint density at radius 3 is 2.48 bits per heavy atom. The largest absolute Gasteiger partial charge is 0.326 e. The molecule has 152 valence electrons. The molecule has 1 aromatic heterocycles. The zero-order valence-corrected chi connectivity index (χ0v) is 18.1. The van der Waals surface area contributed by atoms with E-state index in [0.29, 0.717) is 11.4 Å². The van der Waals surface area contributed by atoms with Gasteiger partial charge in [0.05, 0.1) is 17.0 Å². The van der Waals surface area contributed by atoms with E-state index in [4.69, 9.17) is 0 Å². The van der Waals surface area contributed by atoms with E-state index in [1.54, 1.807) is 32.9 Å². The van der Waals surface area contributed by atoms with E-state index in [9.17, 15) is 13.2 Å². The summed E-state index contributed by atoms with van der Waals surface area (Å²) in [6, 6.07) is 16.0. The number of nitrogens with one attached hydrogen (secondary N) is 2. The number of benzene rings is 2. The molecule has 2 aromatic carbocycles. The van der Waals surface area contributed by atoms with Gasteiger partial charge in [0.15, 0.2) is 0 Å². The van der Waals surface area contributed by atoms with Crippen molar-refractivity contribution >= 4 is 33.0 Å². The van der Waals surface area contributed by atoms with E-state index < -0.39 is 15.6 Å². The zero-order chi connectivity index (χ0) is 21.1. The quantitative estimate of drug-likeness (QED) is 0.618. The average molecular weight is 430 g/mol. The number of anilines is 1. The Hall–Kier alpha value is -2.55. The Kier molecular flexibility index (Phi) is 6.16. The maximum Gasteiger partial charge on any atom is 0.241 e. The van der Waals surface area contributed by atoms with Gasteiger partial charge in [-0.3, -0.25) is 4.79 Å². The number of carbonyl (C=O) groups excluding carboxylic acids is 1. The molecule has 0 saturated carbocycles. The molecular formula is C21H23N3O3S2. The summed E-state index contributed by atoms with van der Waals surface area (Å²) in [5.41, 5.74) is 1.50. The Bertz CT molecular complexity index is 1100. The van der Waals surface area contributed by atoms with Crippen molar-refractivity contribution in [3.63, 3.8) is 0 Å². The first kappa shape index (κ1) is 21.2. The van der Waals surface area contributed by atoms with Crippen LogP contribution in [-0.2, 0) is 21.2 Å². The fourth-order valence-corrected chi connectivity index (χ4v) is 4.96. The Balaban J connectivity index is 1.68. The normalized spacial score (nSPS) is 12.0. The number of sulfonamides is 1. The molecule has 0 radical (unpaired) electrons. The van der Waals surface area contributed by atoms with Crippen LogP contribution in [0.5, 0.6) is 0 Å². The Labute approximate surface area is 175 Å². The van der Waals surface area contributed by atoms with Crippen molar-refractivity contribution in [2.75, 3.05) is 5.32 Å². The van der Waals surface area contributed by atoms with Crippen LogP contribution in [0, 0.1) is 0 Å². The van der Waals surface area contributed by atoms with Gasteiger partial charge in [-0.2, -0.15) is 0 Å². The van der Waals surface area contributed by atoms with Gasteiger partial charge in [0.25, 0.3) is 0 Å². The predicted octanol–water partition coefficient (Wildman–Crippen LogP) is 4.07. The van der Waals surface area contributed by atoms with Crippen LogP contribution < -0.4 is 10.0 Å². The first-order valence-corrected chi connectivity index (χ1v) is 11.4. The molecule has 3 aromatic rings. The van der Waals surface area contributed by atoms with Crippen LogP contribution in [0.15, 0.2) is 64.9 Å². The van der Waals surface area contributed by atoms with Crippen LogP contribution in [0.3, 0.4) is 0 Å². The Morgan fingerprint density at radius 1 is 1.07 bits per heavy atom. The molecule has 0 saturated heterocycles. The lowest BCUT2D eigenvalue weighted by Gasteiger charge is -2.20. The first-order valence-electron chi connectivity index (χ1n) is 9.06. The third-order valence-electron chi connectivity index (χ3n) is 3.78. The Morgan fingerprint density at radius 2 is 1.79 bits per heavy atom. The summed E-state index contributed by atoms with van der Waals surface area (Å²) < 4.78 is 27.6. The van der Waals surface area contributed by atoms with E-state index in [1.165, 1.54) is 23.5 Å². The van der Waals surface area contributed by atoms with Gasteiger partial charge in [-0.25, -0.2) is 18.1 Å². The SMILES string of the molecule is CC(C)(C)NS(=O)(=O)c1cccc(NC(=O)Cc2csc(-c3ccccc3)n2)c1. The van der Waals surface area contributed by atoms with Gasteiger partial charge < -0.3 is 5.32 Å². The number of thiazole rings is 1. The number of aromatic nitrogens is 1. The number of nitrogens with zero attached hydrogens (tertiary/aromatic N) is 1. The molecule has 6 nitrogen and oxygen atoms in total. The summed E-state index contributed by atoms with van der Waals surface area (Å²) >= 11 is 1.48. The minimum atomic E-state index is -3.67. The fourth-order valence-electron chi connectivity index (χ4n) is 2.67. The highest BCUT2D eigenvalue weighted by molar-refractivity contribution is 7.89. The monoisotopic (exact) mass is 429 g/mol. The fraction of sp³-hybridized carbons (Fsp3) is 0.238. The molecule has 1 amide bonds. The van der Waals surface area contributed by atoms with E-state index in [2.05, 4.69) is 15.0 Å². The summed E-state index contributed by atoms with van der Waals surface area (Å²) in [6.45, 7) is 5.31. The number of carbonyl (C=O) groups is 1. The van der Waals surface area contributed by atoms with Crippen molar-refractivity contribution in [1.29, 1.82) is 0 Å². The molecule has 0 aliphatic rings. The van der Waals surface area contributed by atoms with Crippen molar-refractivity contribution in [2.45, 2.75) is 37.6 Å². The highest BCUT2D eigenvalue weighted by Crippen LogP contribution is 2.24. The number of hydrogen-bond donors (Lipinski definition) is 2. The van der Waals surface area contributed by atoms with Gasteiger partial charge in [-0.05, 0) is 39.0 Å². The smallest absolute Gasteiger partial charge is 0.241 e. The summed E-state index contributed by atoms with van der Waals surface area (Å²) in [4.78, 5) is 17.0. The van der Waals surface area contributed by atoms with Gasteiger partial charge >= 0.3 is 0 Å². The zero-order valence-electron chi connectivity index (χ0n) is 16.5. The lowest BCUT2D eigenvalue weighted by Crippen LogP contribution is -2.40. The molecule has 29 heavy (non-hydrogen) atoms.